The molecule has 1 fully saturated rings. The van der Waals surface area contributed by atoms with Crippen molar-refractivity contribution < 1.29 is 14.3 Å². The van der Waals surface area contributed by atoms with Gasteiger partial charge in [-0.25, -0.2) is 0 Å². The maximum Gasteiger partial charge on any atom is 0.251 e. The van der Waals surface area contributed by atoms with E-state index in [9.17, 15) is 4.79 Å². The number of nitrogens with one attached hydrogen (secondary N) is 1. The molecule has 5 rings (SSSR count). The first-order valence-corrected chi connectivity index (χ1v) is 12.3. The van der Waals surface area contributed by atoms with Crippen LogP contribution < -0.4 is 14.8 Å². The number of ether oxygens (including phenoxy) is 2. The van der Waals surface area contributed by atoms with Gasteiger partial charge in [0.2, 0.25) is 6.79 Å². The van der Waals surface area contributed by atoms with Crippen molar-refractivity contribution in [3.8, 4) is 11.5 Å². The first-order chi connectivity index (χ1) is 16.2. The van der Waals surface area contributed by atoms with Gasteiger partial charge in [0.1, 0.15) is 0 Å². The Morgan fingerprint density at radius 2 is 1.79 bits per heavy atom. The maximum atomic E-state index is 13.0. The Morgan fingerprint density at radius 3 is 2.55 bits per heavy atom. The number of thiophene rings is 1. The number of fused-ring (bicyclic) bond motifs is 1. The number of piperazine rings is 1. The molecule has 2 atom stereocenters. The number of benzene rings is 2. The highest BCUT2D eigenvalue weighted by molar-refractivity contribution is 7.10. The summed E-state index contributed by atoms with van der Waals surface area (Å²) >= 11 is 1.75. The molecule has 6 nitrogen and oxygen atoms in total. The molecule has 0 spiro atoms. The molecule has 0 saturated carbocycles. The summed E-state index contributed by atoms with van der Waals surface area (Å²) in [6.45, 7) is 7.26. The molecular weight excluding hydrogens is 434 g/mol. The highest BCUT2D eigenvalue weighted by Gasteiger charge is 2.31. The van der Waals surface area contributed by atoms with Gasteiger partial charge in [-0.1, -0.05) is 36.4 Å². The smallest absolute Gasteiger partial charge is 0.251 e. The van der Waals surface area contributed by atoms with Crippen molar-refractivity contribution in [1.29, 1.82) is 0 Å². The van der Waals surface area contributed by atoms with Gasteiger partial charge < -0.3 is 14.8 Å². The fourth-order valence-corrected chi connectivity index (χ4v) is 5.61. The summed E-state index contributed by atoms with van der Waals surface area (Å²) in [6, 6.07) is 20.3. The fraction of sp³-hybridized carbons (Fsp3) is 0.346. The number of hydrogen-bond acceptors (Lipinski definition) is 6. The van der Waals surface area contributed by atoms with Crippen LogP contribution in [0, 0.1) is 0 Å². The molecule has 1 N–H and O–H groups in total. The van der Waals surface area contributed by atoms with Gasteiger partial charge in [0.05, 0.1) is 6.04 Å². The molecule has 2 aliphatic heterocycles. The first kappa shape index (κ1) is 21.9. The average Bonchev–Trinajstić information content (AvgIpc) is 3.53. The van der Waals surface area contributed by atoms with Crippen molar-refractivity contribution in [1.82, 2.24) is 15.1 Å². The Morgan fingerprint density at radius 1 is 1.00 bits per heavy atom. The molecule has 3 heterocycles. The van der Waals surface area contributed by atoms with Crippen LogP contribution in [-0.2, 0) is 6.54 Å². The minimum absolute atomic E-state index is 0.0396. The van der Waals surface area contributed by atoms with E-state index in [2.05, 4.69) is 69.9 Å². The van der Waals surface area contributed by atoms with E-state index in [0.29, 0.717) is 17.1 Å². The SMILES string of the molecule is C[C@@H](NC(=O)c1ccc2c(c1)OCO2)[C@H](c1cccs1)N1CCN(Cc2ccccc2)CC1. The molecule has 2 aromatic carbocycles. The van der Waals surface area contributed by atoms with Crippen LogP contribution in [0.15, 0.2) is 66.0 Å². The molecular formula is C26H29N3O3S. The van der Waals surface area contributed by atoms with Gasteiger partial charge >= 0.3 is 0 Å². The summed E-state index contributed by atoms with van der Waals surface area (Å²) in [7, 11) is 0. The number of nitrogens with zero attached hydrogens (tertiary/aromatic N) is 2. The van der Waals surface area contributed by atoms with Crippen LogP contribution >= 0.6 is 11.3 Å². The molecule has 33 heavy (non-hydrogen) atoms. The third kappa shape index (κ3) is 5.05. The third-order valence-corrected chi connectivity index (χ3v) is 7.29. The largest absolute Gasteiger partial charge is 0.454 e. The number of carbonyl (C=O) groups is 1. The van der Waals surface area contributed by atoms with Crippen LogP contribution in [0.25, 0.3) is 0 Å². The molecule has 1 amide bonds. The molecule has 1 aromatic heterocycles. The predicted octanol–water partition coefficient (Wildman–Crippen LogP) is 4.15. The molecule has 0 unspecified atom stereocenters. The summed E-state index contributed by atoms with van der Waals surface area (Å²) < 4.78 is 10.8. The zero-order valence-electron chi connectivity index (χ0n) is 18.8. The van der Waals surface area contributed by atoms with Gasteiger partial charge in [-0.15, -0.1) is 11.3 Å². The van der Waals surface area contributed by atoms with E-state index in [1.807, 2.05) is 0 Å². The third-order valence-electron chi connectivity index (χ3n) is 6.35. The van der Waals surface area contributed by atoms with Gasteiger partial charge in [-0.2, -0.15) is 0 Å². The summed E-state index contributed by atoms with van der Waals surface area (Å²) in [4.78, 5) is 19.3. The molecule has 1 saturated heterocycles. The van der Waals surface area contributed by atoms with E-state index in [-0.39, 0.29) is 24.8 Å². The highest BCUT2D eigenvalue weighted by atomic mass is 32.1. The van der Waals surface area contributed by atoms with E-state index >= 15 is 0 Å². The lowest BCUT2D eigenvalue weighted by Crippen LogP contribution is -2.52. The molecule has 172 valence electrons. The second-order valence-electron chi connectivity index (χ2n) is 8.59. The van der Waals surface area contributed by atoms with Crippen molar-refractivity contribution in [2.75, 3.05) is 33.0 Å². The second kappa shape index (κ2) is 9.95. The fourth-order valence-electron chi connectivity index (χ4n) is 4.65. The monoisotopic (exact) mass is 463 g/mol. The lowest BCUT2D eigenvalue weighted by Gasteiger charge is -2.41. The lowest BCUT2D eigenvalue weighted by atomic mass is 10.0. The number of rotatable bonds is 7. The first-order valence-electron chi connectivity index (χ1n) is 11.4. The van der Waals surface area contributed by atoms with Crippen molar-refractivity contribution in [2.45, 2.75) is 25.6 Å². The summed E-state index contributed by atoms with van der Waals surface area (Å²) in [5, 5.41) is 5.35. The molecule has 0 bridgehead atoms. The second-order valence-corrected chi connectivity index (χ2v) is 9.57. The van der Waals surface area contributed by atoms with Crippen LogP contribution in [0.3, 0.4) is 0 Å². The normalized spacial score (nSPS) is 18.1. The van der Waals surface area contributed by atoms with E-state index in [0.717, 1.165) is 32.7 Å². The van der Waals surface area contributed by atoms with Crippen LogP contribution in [0.5, 0.6) is 11.5 Å². The van der Waals surface area contributed by atoms with Gasteiger partial charge in [0.15, 0.2) is 11.5 Å². The van der Waals surface area contributed by atoms with Crippen LogP contribution in [0.4, 0.5) is 0 Å². The van der Waals surface area contributed by atoms with Crippen molar-refractivity contribution in [3.63, 3.8) is 0 Å². The minimum Gasteiger partial charge on any atom is -0.454 e. The van der Waals surface area contributed by atoms with Gasteiger partial charge in [-0.05, 0) is 42.1 Å². The van der Waals surface area contributed by atoms with Crippen molar-refractivity contribution in [3.05, 3.63) is 82.0 Å². The van der Waals surface area contributed by atoms with E-state index in [4.69, 9.17) is 9.47 Å². The molecule has 0 aliphatic carbocycles. The summed E-state index contributed by atoms with van der Waals surface area (Å²) in [5.74, 6) is 1.22. The van der Waals surface area contributed by atoms with Crippen LogP contribution in [0.1, 0.15) is 33.8 Å². The van der Waals surface area contributed by atoms with Crippen molar-refractivity contribution >= 4 is 17.2 Å². The zero-order valence-corrected chi connectivity index (χ0v) is 19.6. The molecule has 3 aromatic rings. The Bertz CT molecular complexity index is 1070. The molecule has 2 aliphatic rings. The quantitative estimate of drug-likeness (QED) is 0.570. The van der Waals surface area contributed by atoms with Crippen LogP contribution in [-0.4, -0.2) is 54.7 Å². The summed E-state index contributed by atoms with van der Waals surface area (Å²) in [6.07, 6.45) is 0. The number of carbonyl (C=O) groups excluding carboxylic acids is 1. The van der Waals surface area contributed by atoms with E-state index < -0.39 is 0 Å². The lowest BCUT2D eigenvalue weighted by molar-refractivity contribution is 0.0714. The topological polar surface area (TPSA) is 54.0 Å². The number of hydrogen-bond donors (Lipinski definition) is 1. The van der Waals surface area contributed by atoms with Gasteiger partial charge in [0, 0.05) is 49.2 Å². The maximum absolute atomic E-state index is 13.0. The van der Waals surface area contributed by atoms with E-state index in [1.165, 1.54) is 10.4 Å². The zero-order chi connectivity index (χ0) is 22.6. The summed E-state index contributed by atoms with van der Waals surface area (Å²) in [5.41, 5.74) is 1.94. The highest BCUT2D eigenvalue weighted by Crippen LogP contribution is 2.33. The number of amides is 1. The van der Waals surface area contributed by atoms with Gasteiger partial charge in [-0.3, -0.25) is 14.6 Å². The Balaban J connectivity index is 1.25. The Hall–Kier alpha value is -2.87. The predicted molar refractivity (Wildman–Crippen MR) is 130 cm³/mol. The van der Waals surface area contributed by atoms with Crippen molar-refractivity contribution in [2.24, 2.45) is 0 Å². The van der Waals surface area contributed by atoms with Crippen LogP contribution in [0.2, 0.25) is 0 Å². The van der Waals surface area contributed by atoms with Gasteiger partial charge in [0.25, 0.3) is 5.91 Å². The van der Waals surface area contributed by atoms with E-state index in [1.54, 1.807) is 29.5 Å². The standard InChI is InChI=1S/C26H29N3O3S/c1-19(27-26(30)21-9-10-22-23(16-21)32-18-31-22)25(24-8-5-15-33-24)29-13-11-28(12-14-29)17-20-6-3-2-4-7-20/h2-10,15-16,19,25H,11-14,17-18H2,1H3,(H,27,30)/t19-,25-/m1/s1. The average molecular weight is 464 g/mol. The molecule has 0 radical (unpaired) electrons. The Labute approximate surface area is 198 Å². The Kier molecular flexibility index (Phi) is 6.62. The minimum atomic E-state index is -0.0925. The molecule has 7 heteroatoms.